The van der Waals surface area contributed by atoms with Crippen molar-refractivity contribution in [3.63, 3.8) is 0 Å². The minimum atomic E-state index is -0.119. The van der Waals surface area contributed by atoms with Gasteiger partial charge in [0.25, 0.3) is 5.91 Å². The number of hydrogen-bond acceptors (Lipinski definition) is 2. The molecule has 1 N–H and O–H groups in total. The van der Waals surface area contributed by atoms with Crippen molar-refractivity contribution in [3.05, 3.63) is 47.7 Å². The van der Waals surface area contributed by atoms with Crippen LogP contribution in [0.3, 0.4) is 0 Å². The molecule has 1 aliphatic carbocycles. The van der Waals surface area contributed by atoms with E-state index in [1.54, 1.807) is 12.1 Å². The number of piperidine rings is 1. The molecule has 1 heterocycles. The molecule has 0 saturated carbocycles. The molecule has 1 aromatic carbocycles. The largest absolute Gasteiger partial charge is 0.352 e. The van der Waals surface area contributed by atoms with Crippen LogP contribution in [0.2, 0.25) is 0 Å². The zero-order valence-electron chi connectivity index (χ0n) is 13.5. The minimum absolute atomic E-state index is 0.119. The summed E-state index contributed by atoms with van der Waals surface area (Å²) in [5.74, 6) is 0.586. The van der Waals surface area contributed by atoms with E-state index in [4.69, 9.17) is 0 Å². The second-order valence-corrected chi connectivity index (χ2v) is 6.32. The third-order valence-corrected chi connectivity index (χ3v) is 4.74. The van der Waals surface area contributed by atoms with Gasteiger partial charge < -0.3 is 10.2 Å². The molecule has 0 bridgehead atoms. The molecule has 23 heavy (non-hydrogen) atoms. The Morgan fingerprint density at radius 1 is 1.13 bits per heavy atom. The van der Waals surface area contributed by atoms with E-state index < -0.39 is 0 Å². The maximum absolute atomic E-state index is 12.5. The van der Waals surface area contributed by atoms with Crippen molar-refractivity contribution >= 4 is 11.8 Å². The van der Waals surface area contributed by atoms with Crippen LogP contribution in [0.15, 0.2) is 42.1 Å². The van der Waals surface area contributed by atoms with E-state index in [9.17, 15) is 9.59 Å². The molecular formula is C19H24N2O2. The molecule has 1 fully saturated rings. The van der Waals surface area contributed by atoms with Crippen molar-refractivity contribution in [1.29, 1.82) is 0 Å². The van der Waals surface area contributed by atoms with Crippen LogP contribution in [0.5, 0.6) is 0 Å². The van der Waals surface area contributed by atoms with Gasteiger partial charge in [0.1, 0.15) is 0 Å². The molecule has 2 amide bonds. The van der Waals surface area contributed by atoms with E-state index >= 15 is 0 Å². The van der Waals surface area contributed by atoms with Crippen molar-refractivity contribution < 1.29 is 9.59 Å². The third-order valence-electron chi connectivity index (χ3n) is 4.74. The fourth-order valence-corrected chi connectivity index (χ4v) is 3.55. The molecule has 1 unspecified atom stereocenters. The van der Waals surface area contributed by atoms with Crippen molar-refractivity contribution in [2.45, 2.75) is 38.5 Å². The zero-order valence-corrected chi connectivity index (χ0v) is 13.5. The van der Waals surface area contributed by atoms with Crippen LogP contribution in [0.25, 0.3) is 0 Å². The summed E-state index contributed by atoms with van der Waals surface area (Å²) in [6.07, 6.45) is 8.44. The number of nitrogens with one attached hydrogen (secondary N) is 1. The van der Waals surface area contributed by atoms with E-state index in [1.165, 1.54) is 25.0 Å². The number of hydrogen-bond donors (Lipinski definition) is 1. The van der Waals surface area contributed by atoms with E-state index in [0.717, 1.165) is 19.4 Å². The second-order valence-electron chi connectivity index (χ2n) is 6.32. The molecule has 4 heteroatoms. The fourth-order valence-electron chi connectivity index (χ4n) is 3.55. The van der Waals surface area contributed by atoms with Crippen LogP contribution in [0.4, 0.5) is 0 Å². The first kappa shape index (κ1) is 15.8. The maximum Gasteiger partial charge on any atom is 0.251 e. The minimum Gasteiger partial charge on any atom is -0.352 e. The van der Waals surface area contributed by atoms with E-state index in [2.05, 4.69) is 11.4 Å². The Labute approximate surface area is 137 Å². The molecule has 0 radical (unpaired) electrons. The number of fused-ring (bicyclic) bond motifs is 1. The number of carbonyl (C=O) groups is 2. The summed E-state index contributed by atoms with van der Waals surface area (Å²) in [5, 5.41) is 2.84. The number of likely N-dealkylation sites (tertiary alicyclic amines) is 1. The molecule has 4 nitrogen and oxygen atoms in total. The van der Waals surface area contributed by atoms with Crippen molar-refractivity contribution in [2.75, 3.05) is 13.1 Å². The highest BCUT2D eigenvalue weighted by Crippen LogP contribution is 2.35. The lowest BCUT2D eigenvalue weighted by Gasteiger charge is -2.38. The van der Waals surface area contributed by atoms with Gasteiger partial charge in [-0.05, 0) is 50.2 Å². The lowest BCUT2D eigenvalue weighted by atomic mass is 9.85. The highest BCUT2D eigenvalue weighted by molar-refractivity contribution is 5.94. The fraction of sp³-hybridized carbons (Fsp3) is 0.474. The molecule has 1 aliphatic heterocycles. The summed E-state index contributed by atoms with van der Waals surface area (Å²) in [5.41, 5.74) is 1.87. The summed E-state index contributed by atoms with van der Waals surface area (Å²) in [6, 6.07) is 9.11. The molecule has 1 saturated heterocycles. The average molecular weight is 312 g/mol. The monoisotopic (exact) mass is 312 g/mol. The summed E-state index contributed by atoms with van der Waals surface area (Å²) in [4.78, 5) is 26.4. The molecule has 122 valence electrons. The smallest absolute Gasteiger partial charge is 0.251 e. The molecule has 1 atom stereocenters. The predicted molar refractivity (Wildman–Crippen MR) is 89.8 cm³/mol. The lowest BCUT2D eigenvalue weighted by molar-refractivity contribution is -0.130. The van der Waals surface area contributed by atoms with Crippen LogP contribution < -0.4 is 5.32 Å². The van der Waals surface area contributed by atoms with Crippen molar-refractivity contribution in [3.8, 4) is 0 Å². The molecule has 3 rings (SSSR count). The predicted octanol–water partition coefficient (Wildman–Crippen LogP) is 3.11. The van der Waals surface area contributed by atoms with Gasteiger partial charge in [0.2, 0.25) is 5.91 Å². The maximum atomic E-state index is 12.5. The zero-order chi connectivity index (χ0) is 16.1. The Bertz CT molecular complexity index is 595. The summed E-state index contributed by atoms with van der Waals surface area (Å²) in [6.45, 7) is 1.22. The number of allylic oxidation sites excluding steroid dienone is 2. The standard InChI is InChI=1S/C19H24N2O2/c22-18(12-13-20-19(23)16-8-2-1-3-9-16)21-14-6-10-15-7-4-5-11-17(15)21/h1-3,8-9,11,15H,4-7,10,12-14H2,(H,20,23). The SMILES string of the molecule is O=C(NCCC(=O)N1CCCC2CCCC=C21)c1ccccc1. The van der Waals surface area contributed by atoms with E-state index in [-0.39, 0.29) is 11.8 Å². The second kappa shape index (κ2) is 7.44. The van der Waals surface area contributed by atoms with Gasteiger partial charge in [0.05, 0.1) is 0 Å². The van der Waals surface area contributed by atoms with Crippen LogP contribution in [0, 0.1) is 5.92 Å². The van der Waals surface area contributed by atoms with Crippen molar-refractivity contribution in [2.24, 2.45) is 5.92 Å². The third kappa shape index (κ3) is 3.81. The van der Waals surface area contributed by atoms with E-state index in [0.29, 0.717) is 24.4 Å². The number of nitrogens with zero attached hydrogens (tertiary/aromatic N) is 1. The van der Waals surface area contributed by atoms with Crippen LogP contribution in [-0.2, 0) is 4.79 Å². The molecule has 0 aromatic heterocycles. The first-order valence-electron chi connectivity index (χ1n) is 8.59. The van der Waals surface area contributed by atoms with Crippen molar-refractivity contribution in [1.82, 2.24) is 10.2 Å². The number of carbonyl (C=O) groups excluding carboxylic acids is 2. The first-order valence-corrected chi connectivity index (χ1v) is 8.59. The Morgan fingerprint density at radius 2 is 1.91 bits per heavy atom. The van der Waals surface area contributed by atoms with Gasteiger partial charge in [-0.3, -0.25) is 9.59 Å². The molecule has 2 aliphatic rings. The van der Waals surface area contributed by atoms with Gasteiger partial charge in [0, 0.05) is 30.8 Å². The van der Waals surface area contributed by atoms with Gasteiger partial charge in [0.15, 0.2) is 0 Å². The average Bonchev–Trinajstić information content (AvgIpc) is 2.61. The number of benzene rings is 1. The topological polar surface area (TPSA) is 49.4 Å². The lowest BCUT2D eigenvalue weighted by Crippen LogP contribution is -2.40. The number of rotatable bonds is 4. The summed E-state index contributed by atoms with van der Waals surface area (Å²) >= 11 is 0. The van der Waals surface area contributed by atoms with Gasteiger partial charge >= 0.3 is 0 Å². The molecule has 0 spiro atoms. The summed E-state index contributed by atoms with van der Waals surface area (Å²) < 4.78 is 0. The molecular weight excluding hydrogens is 288 g/mol. The van der Waals surface area contributed by atoms with Gasteiger partial charge in [-0.2, -0.15) is 0 Å². The summed E-state index contributed by atoms with van der Waals surface area (Å²) in [7, 11) is 0. The highest BCUT2D eigenvalue weighted by atomic mass is 16.2. The Morgan fingerprint density at radius 3 is 2.74 bits per heavy atom. The van der Waals surface area contributed by atoms with Gasteiger partial charge in [-0.15, -0.1) is 0 Å². The Hall–Kier alpha value is -2.10. The van der Waals surface area contributed by atoms with Crippen LogP contribution in [-0.4, -0.2) is 29.8 Å². The van der Waals surface area contributed by atoms with E-state index in [1.807, 2.05) is 23.1 Å². The normalized spacial score (nSPS) is 20.4. The molecule has 1 aromatic rings. The van der Waals surface area contributed by atoms with Gasteiger partial charge in [-0.1, -0.05) is 24.3 Å². The van der Waals surface area contributed by atoms with Crippen LogP contribution in [0.1, 0.15) is 48.9 Å². The van der Waals surface area contributed by atoms with Gasteiger partial charge in [-0.25, -0.2) is 0 Å². The quantitative estimate of drug-likeness (QED) is 0.928. The number of amides is 2. The Balaban J connectivity index is 1.51. The first-order chi connectivity index (χ1) is 11.3. The highest BCUT2D eigenvalue weighted by Gasteiger charge is 2.29. The Kier molecular flexibility index (Phi) is 5.11. The van der Waals surface area contributed by atoms with Crippen LogP contribution >= 0.6 is 0 Å².